The van der Waals surface area contributed by atoms with Crippen molar-refractivity contribution in [3.05, 3.63) is 88.7 Å². The van der Waals surface area contributed by atoms with Gasteiger partial charge in [-0.3, -0.25) is 9.20 Å². The van der Waals surface area contributed by atoms with E-state index >= 15 is 0 Å². The van der Waals surface area contributed by atoms with Gasteiger partial charge in [-0.05, 0) is 35.8 Å². The number of halogens is 4. The SMILES string of the molecule is N#Cc1ccccc1C1=CCN(C(=O)c2nc3c(C(F)(F)F)cc(-c4ccoc4)cn3c2Cl)CC1. The molecule has 0 spiro atoms. The fraction of sp³-hybridized carbons (Fsp3) is 0.160. The largest absolute Gasteiger partial charge is 0.472 e. The standard InChI is InChI=1S/C25H16ClF3N4O2/c26-22-21(24(34)32-8-5-15(6-9-32)19-4-2-1-3-16(19)12-30)31-23-20(25(27,28)29)11-18(13-33(22)23)17-7-10-35-14-17/h1-5,7,10-11,13-14H,6,8-9H2. The second-order valence-electron chi connectivity index (χ2n) is 7.98. The van der Waals surface area contributed by atoms with Crippen LogP contribution in [0, 0.1) is 11.3 Å². The van der Waals surface area contributed by atoms with E-state index in [9.17, 15) is 23.2 Å². The van der Waals surface area contributed by atoms with Gasteiger partial charge >= 0.3 is 6.18 Å². The Morgan fingerprint density at radius 1 is 1.20 bits per heavy atom. The summed E-state index contributed by atoms with van der Waals surface area (Å²) in [4.78, 5) is 18.7. The number of benzene rings is 1. The van der Waals surface area contributed by atoms with Gasteiger partial charge in [0, 0.05) is 30.4 Å². The molecule has 0 N–H and O–H groups in total. The number of hydrogen-bond acceptors (Lipinski definition) is 4. The van der Waals surface area contributed by atoms with Gasteiger partial charge in [-0.2, -0.15) is 18.4 Å². The van der Waals surface area contributed by atoms with E-state index in [2.05, 4.69) is 11.1 Å². The first-order chi connectivity index (χ1) is 16.8. The molecule has 10 heteroatoms. The third kappa shape index (κ3) is 4.06. The summed E-state index contributed by atoms with van der Waals surface area (Å²) in [5, 5.41) is 9.14. The summed E-state index contributed by atoms with van der Waals surface area (Å²) in [7, 11) is 0. The highest BCUT2D eigenvalue weighted by atomic mass is 35.5. The van der Waals surface area contributed by atoms with E-state index in [4.69, 9.17) is 16.0 Å². The van der Waals surface area contributed by atoms with Crippen LogP contribution in [0.1, 0.15) is 33.6 Å². The quantitative estimate of drug-likeness (QED) is 0.345. The summed E-state index contributed by atoms with van der Waals surface area (Å²) in [6.07, 6.45) is 1.67. The van der Waals surface area contributed by atoms with Crippen molar-refractivity contribution >= 4 is 28.7 Å². The highest BCUT2D eigenvalue weighted by Crippen LogP contribution is 2.37. The lowest BCUT2D eigenvalue weighted by molar-refractivity contribution is -0.136. The Kier molecular flexibility index (Phi) is 5.61. The van der Waals surface area contributed by atoms with Crippen LogP contribution < -0.4 is 0 Å². The Hall–Kier alpha value is -4.03. The molecule has 35 heavy (non-hydrogen) atoms. The molecular formula is C25H16ClF3N4O2. The maximum Gasteiger partial charge on any atom is 0.420 e. The number of nitrogens with zero attached hydrogens (tertiary/aromatic N) is 4. The van der Waals surface area contributed by atoms with Crippen molar-refractivity contribution < 1.29 is 22.4 Å². The number of nitriles is 1. The Bertz CT molecular complexity index is 1510. The molecule has 0 fully saturated rings. The normalized spacial score (nSPS) is 14.1. The lowest BCUT2D eigenvalue weighted by Gasteiger charge is -2.26. The topological polar surface area (TPSA) is 74.5 Å². The van der Waals surface area contributed by atoms with E-state index in [-0.39, 0.29) is 23.0 Å². The number of aromatic nitrogens is 2. The summed E-state index contributed by atoms with van der Waals surface area (Å²) >= 11 is 6.40. The molecular weight excluding hydrogens is 481 g/mol. The monoisotopic (exact) mass is 496 g/mol. The molecule has 176 valence electrons. The van der Waals surface area contributed by atoms with E-state index in [1.807, 2.05) is 18.2 Å². The average Bonchev–Trinajstić information content (AvgIpc) is 3.51. The minimum absolute atomic E-state index is 0.203. The molecule has 1 aliphatic rings. The smallest absolute Gasteiger partial charge is 0.420 e. The fourth-order valence-electron chi connectivity index (χ4n) is 4.16. The Morgan fingerprint density at radius 2 is 2.00 bits per heavy atom. The molecule has 4 heterocycles. The van der Waals surface area contributed by atoms with Crippen molar-refractivity contribution in [1.29, 1.82) is 5.26 Å². The molecule has 5 rings (SSSR count). The third-order valence-corrected chi connectivity index (χ3v) is 6.28. The Balaban J connectivity index is 1.51. The van der Waals surface area contributed by atoms with Crippen molar-refractivity contribution in [1.82, 2.24) is 14.3 Å². The van der Waals surface area contributed by atoms with Gasteiger partial charge in [0.25, 0.3) is 5.91 Å². The second-order valence-corrected chi connectivity index (χ2v) is 8.34. The van der Waals surface area contributed by atoms with Gasteiger partial charge in [-0.1, -0.05) is 35.9 Å². The van der Waals surface area contributed by atoms with Crippen LogP contribution in [-0.2, 0) is 6.18 Å². The van der Waals surface area contributed by atoms with E-state index in [0.29, 0.717) is 24.1 Å². The molecule has 1 aliphatic heterocycles. The van der Waals surface area contributed by atoms with Gasteiger partial charge in [0.1, 0.15) is 5.15 Å². The van der Waals surface area contributed by atoms with Gasteiger partial charge < -0.3 is 9.32 Å². The van der Waals surface area contributed by atoms with Crippen molar-refractivity contribution in [2.24, 2.45) is 0 Å². The second kappa shape index (κ2) is 8.64. The van der Waals surface area contributed by atoms with Crippen molar-refractivity contribution in [3.8, 4) is 17.2 Å². The fourth-order valence-corrected chi connectivity index (χ4v) is 4.41. The number of hydrogen-bond donors (Lipinski definition) is 0. The number of pyridine rings is 1. The number of imidazole rings is 1. The predicted octanol–water partition coefficient (Wildman–Crippen LogP) is 6.07. The van der Waals surface area contributed by atoms with E-state index in [1.165, 1.54) is 29.7 Å². The van der Waals surface area contributed by atoms with Crippen molar-refractivity contribution in [2.45, 2.75) is 12.6 Å². The minimum Gasteiger partial charge on any atom is -0.472 e. The molecule has 0 saturated carbocycles. The lowest BCUT2D eigenvalue weighted by Crippen LogP contribution is -2.35. The Morgan fingerprint density at radius 3 is 2.66 bits per heavy atom. The molecule has 0 unspecified atom stereocenters. The number of fused-ring (bicyclic) bond motifs is 1. The van der Waals surface area contributed by atoms with Gasteiger partial charge in [0.2, 0.25) is 0 Å². The summed E-state index contributed by atoms with van der Waals surface area (Å²) in [6, 6.07) is 11.8. The van der Waals surface area contributed by atoms with Crippen molar-refractivity contribution in [3.63, 3.8) is 0 Å². The average molecular weight is 497 g/mol. The lowest BCUT2D eigenvalue weighted by atomic mass is 9.95. The summed E-state index contributed by atoms with van der Waals surface area (Å²) in [5.41, 5.74) is 1.21. The van der Waals surface area contributed by atoms with Crippen LogP contribution in [0.3, 0.4) is 0 Å². The van der Waals surface area contributed by atoms with Gasteiger partial charge in [-0.15, -0.1) is 0 Å². The number of carbonyl (C=O) groups is 1. The van der Waals surface area contributed by atoms with Crippen LogP contribution in [0.25, 0.3) is 22.3 Å². The first-order valence-corrected chi connectivity index (χ1v) is 10.9. The van der Waals surface area contributed by atoms with Gasteiger partial charge in [0.15, 0.2) is 11.3 Å². The number of carbonyl (C=O) groups excluding carboxylic acids is 1. The first kappa shape index (κ1) is 22.7. The van der Waals surface area contributed by atoms with E-state index < -0.39 is 23.3 Å². The molecule has 3 aromatic heterocycles. The number of rotatable bonds is 3. The minimum atomic E-state index is -4.72. The molecule has 4 aromatic rings. The molecule has 0 atom stereocenters. The van der Waals surface area contributed by atoms with E-state index in [0.717, 1.165) is 21.6 Å². The maximum absolute atomic E-state index is 13.9. The Labute approximate surface area is 202 Å². The highest BCUT2D eigenvalue weighted by Gasteiger charge is 2.36. The summed E-state index contributed by atoms with van der Waals surface area (Å²) in [6.45, 7) is 0.519. The zero-order valence-electron chi connectivity index (χ0n) is 18.0. The highest BCUT2D eigenvalue weighted by molar-refractivity contribution is 6.33. The van der Waals surface area contributed by atoms with Crippen LogP contribution in [0.15, 0.2) is 65.6 Å². The zero-order chi connectivity index (χ0) is 24.7. The third-order valence-electron chi connectivity index (χ3n) is 5.91. The number of alkyl halides is 3. The van der Waals surface area contributed by atoms with Gasteiger partial charge in [-0.25, -0.2) is 4.98 Å². The summed E-state index contributed by atoms with van der Waals surface area (Å²) in [5.74, 6) is -0.569. The van der Waals surface area contributed by atoms with Crippen LogP contribution in [0.5, 0.6) is 0 Å². The number of furan rings is 1. The van der Waals surface area contributed by atoms with Crippen LogP contribution in [0.2, 0.25) is 5.15 Å². The molecule has 0 bridgehead atoms. The molecule has 0 aliphatic carbocycles. The summed E-state index contributed by atoms with van der Waals surface area (Å²) < 4.78 is 47.6. The van der Waals surface area contributed by atoms with Crippen LogP contribution in [0.4, 0.5) is 13.2 Å². The number of amides is 1. The molecule has 0 radical (unpaired) electrons. The van der Waals surface area contributed by atoms with E-state index in [1.54, 1.807) is 12.1 Å². The maximum atomic E-state index is 13.9. The zero-order valence-corrected chi connectivity index (χ0v) is 18.8. The predicted molar refractivity (Wildman–Crippen MR) is 123 cm³/mol. The van der Waals surface area contributed by atoms with Crippen molar-refractivity contribution in [2.75, 3.05) is 13.1 Å². The van der Waals surface area contributed by atoms with Crippen LogP contribution in [-0.4, -0.2) is 33.3 Å². The van der Waals surface area contributed by atoms with Crippen LogP contribution >= 0.6 is 11.6 Å². The molecule has 6 nitrogen and oxygen atoms in total. The van der Waals surface area contributed by atoms with Gasteiger partial charge in [0.05, 0.1) is 29.7 Å². The molecule has 0 saturated heterocycles. The first-order valence-electron chi connectivity index (χ1n) is 10.6. The molecule has 1 aromatic carbocycles. The molecule has 1 amide bonds.